The molecule has 0 aliphatic carbocycles. The molecule has 4 rings (SSSR count). The molecule has 0 radical (unpaired) electrons. The van der Waals surface area contributed by atoms with Gasteiger partial charge in [-0.15, -0.1) is 11.3 Å². The number of fused-ring (bicyclic) bond motifs is 3. The molecule has 0 bridgehead atoms. The highest BCUT2D eigenvalue weighted by atomic mass is 32.1. The van der Waals surface area contributed by atoms with Crippen LogP contribution in [0.3, 0.4) is 0 Å². The standard InChI is InChI=1S/C18H19FN4S/c1-22-7-6-14-15(10-22)24-18-16(14)17(20)23(11-21-18)8-5-12-3-2-4-13(19)9-12/h2-4,9,11,20H,5-8,10H2,1H3. The van der Waals surface area contributed by atoms with E-state index in [2.05, 4.69) is 16.9 Å². The summed E-state index contributed by atoms with van der Waals surface area (Å²) < 4.78 is 15.2. The molecule has 0 fully saturated rings. The minimum absolute atomic E-state index is 0.215. The van der Waals surface area contributed by atoms with Crippen LogP contribution in [0.25, 0.3) is 10.2 Å². The maximum Gasteiger partial charge on any atom is 0.136 e. The van der Waals surface area contributed by atoms with Crippen molar-refractivity contribution < 1.29 is 4.39 Å². The summed E-state index contributed by atoms with van der Waals surface area (Å²) in [5.41, 5.74) is 2.76. The van der Waals surface area contributed by atoms with Gasteiger partial charge in [0.05, 0.1) is 11.7 Å². The first kappa shape index (κ1) is 15.5. The molecule has 24 heavy (non-hydrogen) atoms. The number of halogens is 1. The fourth-order valence-corrected chi connectivity index (χ4v) is 4.55. The van der Waals surface area contributed by atoms with Crippen LogP contribution < -0.4 is 5.49 Å². The average molecular weight is 342 g/mol. The highest BCUT2D eigenvalue weighted by Gasteiger charge is 2.21. The van der Waals surface area contributed by atoms with E-state index in [0.717, 1.165) is 35.3 Å². The van der Waals surface area contributed by atoms with E-state index < -0.39 is 0 Å². The number of rotatable bonds is 3. The molecule has 0 saturated heterocycles. The van der Waals surface area contributed by atoms with E-state index in [9.17, 15) is 4.39 Å². The Hall–Kier alpha value is -2.05. The Kier molecular flexibility index (Phi) is 3.94. The van der Waals surface area contributed by atoms with E-state index in [0.29, 0.717) is 18.5 Å². The van der Waals surface area contributed by atoms with Crippen LogP contribution in [0.15, 0.2) is 30.6 Å². The first-order chi connectivity index (χ1) is 11.6. The van der Waals surface area contributed by atoms with Gasteiger partial charge in [-0.25, -0.2) is 9.37 Å². The van der Waals surface area contributed by atoms with Gasteiger partial charge >= 0.3 is 0 Å². The third-order valence-corrected chi connectivity index (χ3v) is 5.72. The molecular formula is C18H19FN4S. The van der Waals surface area contributed by atoms with Crippen LogP contribution >= 0.6 is 11.3 Å². The largest absolute Gasteiger partial charge is 0.317 e. The number of likely N-dealkylation sites (N-methyl/N-ethyl adjacent to an activating group) is 1. The van der Waals surface area contributed by atoms with Gasteiger partial charge in [-0.2, -0.15) is 0 Å². The van der Waals surface area contributed by atoms with E-state index in [1.807, 2.05) is 10.6 Å². The Morgan fingerprint density at radius 1 is 1.38 bits per heavy atom. The van der Waals surface area contributed by atoms with Gasteiger partial charge in [-0.1, -0.05) is 12.1 Å². The number of aromatic nitrogens is 2. The van der Waals surface area contributed by atoms with E-state index in [1.165, 1.54) is 16.5 Å². The second-order valence-electron chi connectivity index (χ2n) is 6.34. The molecule has 1 aromatic carbocycles. The van der Waals surface area contributed by atoms with Crippen molar-refractivity contribution in [3.05, 3.63) is 57.9 Å². The summed E-state index contributed by atoms with van der Waals surface area (Å²) in [7, 11) is 2.13. The fraction of sp³-hybridized carbons (Fsp3) is 0.333. The molecule has 3 aromatic rings. The van der Waals surface area contributed by atoms with Crippen LogP contribution in [-0.2, 0) is 25.9 Å². The predicted octanol–water partition coefficient (Wildman–Crippen LogP) is 2.95. The van der Waals surface area contributed by atoms with Gasteiger partial charge in [0, 0.05) is 24.5 Å². The van der Waals surface area contributed by atoms with Crippen LogP contribution in [0.5, 0.6) is 0 Å². The van der Waals surface area contributed by atoms with Gasteiger partial charge in [0.1, 0.15) is 16.1 Å². The number of nitrogens with one attached hydrogen (secondary N) is 1. The maximum atomic E-state index is 13.3. The average Bonchev–Trinajstić information content (AvgIpc) is 2.92. The van der Waals surface area contributed by atoms with E-state index in [-0.39, 0.29) is 5.82 Å². The molecule has 124 valence electrons. The van der Waals surface area contributed by atoms with Crippen molar-refractivity contribution in [1.82, 2.24) is 14.5 Å². The van der Waals surface area contributed by atoms with E-state index in [4.69, 9.17) is 5.41 Å². The van der Waals surface area contributed by atoms with Crippen molar-refractivity contribution >= 4 is 21.6 Å². The number of hydrogen-bond acceptors (Lipinski definition) is 4. The number of aryl methyl sites for hydroxylation is 2. The lowest BCUT2D eigenvalue weighted by Crippen LogP contribution is -2.27. The Bertz CT molecular complexity index is 959. The smallest absolute Gasteiger partial charge is 0.136 e. The van der Waals surface area contributed by atoms with Crippen molar-refractivity contribution in [3.63, 3.8) is 0 Å². The summed E-state index contributed by atoms with van der Waals surface area (Å²) in [6.45, 7) is 2.60. The normalized spacial score (nSPS) is 14.9. The molecule has 0 spiro atoms. The molecule has 3 heterocycles. The van der Waals surface area contributed by atoms with Crippen LogP contribution in [0.2, 0.25) is 0 Å². The highest BCUT2D eigenvalue weighted by Crippen LogP contribution is 2.31. The maximum absolute atomic E-state index is 13.3. The van der Waals surface area contributed by atoms with Crippen molar-refractivity contribution in [2.24, 2.45) is 0 Å². The van der Waals surface area contributed by atoms with Crippen LogP contribution in [0, 0.1) is 11.2 Å². The predicted molar refractivity (Wildman–Crippen MR) is 93.6 cm³/mol. The molecule has 2 aromatic heterocycles. The third-order valence-electron chi connectivity index (χ3n) is 4.60. The summed E-state index contributed by atoms with van der Waals surface area (Å²) in [6, 6.07) is 6.65. The van der Waals surface area contributed by atoms with Gasteiger partial charge in [0.25, 0.3) is 0 Å². The zero-order valence-corrected chi connectivity index (χ0v) is 14.4. The van der Waals surface area contributed by atoms with Crippen molar-refractivity contribution in [3.8, 4) is 0 Å². The van der Waals surface area contributed by atoms with Gasteiger partial charge in [0.2, 0.25) is 0 Å². The fourth-order valence-electron chi connectivity index (χ4n) is 3.29. The zero-order valence-electron chi connectivity index (χ0n) is 13.6. The van der Waals surface area contributed by atoms with Crippen LogP contribution in [-0.4, -0.2) is 28.0 Å². The molecule has 0 unspecified atom stereocenters. The van der Waals surface area contributed by atoms with E-state index >= 15 is 0 Å². The quantitative estimate of drug-likeness (QED) is 0.795. The molecule has 1 aliphatic heterocycles. The molecule has 4 nitrogen and oxygen atoms in total. The van der Waals surface area contributed by atoms with Crippen molar-refractivity contribution in [2.45, 2.75) is 25.9 Å². The number of benzene rings is 1. The third kappa shape index (κ3) is 2.76. The zero-order chi connectivity index (χ0) is 16.7. The Labute approximate surface area is 143 Å². The second-order valence-corrected chi connectivity index (χ2v) is 7.42. The lowest BCUT2D eigenvalue weighted by Gasteiger charge is -2.22. The topological polar surface area (TPSA) is 44.9 Å². The molecule has 6 heteroatoms. The van der Waals surface area contributed by atoms with Gasteiger partial charge in [-0.05, 0) is 43.1 Å². The van der Waals surface area contributed by atoms with Crippen LogP contribution in [0.1, 0.15) is 16.0 Å². The second kappa shape index (κ2) is 6.11. The number of nitrogens with zero attached hydrogens (tertiary/aromatic N) is 3. The lowest BCUT2D eigenvalue weighted by atomic mass is 10.1. The van der Waals surface area contributed by atoms with Crippen LogP contribution in [0.4, 0.5) is 4.39 Å². The van der Waals surface area contributed by atoms with Gasteiger partial charge in [-0.3, -0.25) is 5.41 Å². The van der Waals surface area contributed by atoms with Crippen molar-refractivity contribution in [1.29, 1.82) is 5.41 Å². The summed E-state index contributed by atoms with van der Waals surface area (Å²) in [4.78, 5) is 9.17. The summed E-state index contributed by atoms with van der Waals surface area (Å²) >= 11 is 1.71. The molecule has 0 amide bonds. The summed E-state index contributed by atoms with van der Waals surface area (Å²) in [5.74, 6) is -0.215. The molecule has 1 aliphatic rings. The minimum Gasteiger partial charge on any atom is -0.317 e. The first-order valence-electron chi connectivity index (χ1n) is 8.09. The molecular weight excluding hydrogens is 323 g/mol. The Balaban J connectivity index is 1.67. The first-order valence-corrected chi connectivity index (χ1v) is 8.91. The number of thiophene rings is 1. The van der Waals surface area contributed by atoms with Crippen molar-refractivity contribution in [2.75, 3.05) is 13.6 Å². The van der Waals surface area contributed by atoms with Gasteiger partial charge < -0.3 is 9.47 Å². The van der Waals surface area contributed by atoms with E-state index in [1.54, 1.807) is 29.8 Å². The Morgan fingerprint density at radius 2 is 2.25 bits per heavy atom. The Morgan fingerprint density at radius 3 is 3.08 bits per heavy atom. The minimum atomic E-state index is -0.215. The highest BCUT2D eigenvalue weighted by molar-refractivity contribution is 7.18. The summed E-state index contributed by atoms with van der Waals surface area (Å²) in [6.07, 6.45) is 3.42. The lowest BCUT2D eigenvalue weighted by molar-refractivity contribution is 0.318. The molecule has 0 atom stereocenters. The van der Waals surface area contributed by atoms with Gasteiger partial charge in [0.15, 0.2) is 0 Å². The number of hydrogen-bond donors (Lipinski definition) is 1. The summed E-state index contributed by atoms with van der Waals surface area (Å²) in [5, 5.41) is 9.60. The monoisotopic (exact) mass is 342 g/mol. The molecule has 1 N–H and O–H groups in total. The molecule has 0 saturated carbocycles. The SMILES string of the molecule is CN1CCc2c(sc3ncn(CCc4cccc(F)c4)c(=N)c23)C1.